The Balaban J connectivity index is 1.84. The Morgan fingerprint density at radius 2 is 1.75 bits per heavy atom. The first-order chi connectivity index (χ1) is 11.6. The Labute approximate surface area is 145 Å². The van der Waals surface area contributed by atoms with Gasteiger partial charge in [0.1, 0.15) is 0 Å². The normalized spacial score (nSPS) is 10.6. The zero-order chi connectivity index (χ0) is 16.9. The lowest BCUT2D eigenvalue weighted by Gasteiger charge is -2.16. The Morgan fingerprint density at radius 3 is 2.50 bits per heavy atom. The van der Waals surface area contributed by atoms with Crippen LogP contribution in [0.1, 0.15) is 5.56 Å². The van der Waals surface area contributed by atoms with E-state index < -0.39 is 0 Å². The first kappa shape index (κ1) is 16.3. The van der Waals surface area contributed by atoms with Gasteiger partial charge in [-0.05, 0) is 11.6 Å². The number of benzene rings is 2. The highest BCUT2D eigenvalue weighted by Crippen LogP contribution is 2.26. The summed E-state index contributed by atoms with van der Waals surface area (Å²) in [4.78, 5) is 21.4. The van der Waals surface area contributed by atoms with Crippen LogP contribution in [0, 0.1) is 0 Å². The minimum Gasteiger partial charge on any atom is -0.377 e. The molecule has 0 atom stereocenters. The van der Waals surface area contributed by atoms with Crippen molar-refractivity contribution in [2.75, 3.05) is 19.0 Å². The number of nitrogens with zero attached hydrogens (tertiary/aromatic N) is 2. The molecular formula is C19H19N3OS. The van der Waals surface area contributed by atoms with Crippen molar-refractivity contribution in [3.8, 4) is 11.3 Å². The summed E-state index contributed by atoms with van der Waals surface area (Å²) in [6, 6.07) is 19.5. The summed E-state index contributed by atoms with van der Waals surface area (Å²) in [7, 11) is 4.05. The second-order valence-electron chi connectivity index (χ2n) is 5.61. The summed E-state index contributed by atoms with van der Waals surface area (Å²) in [6.07, 6.45) is 0. The van der Waals surface area contributed by atoms with E-state index in [0.29, 0.717) is 10.9 Å². The molecule has 0 radical (unpaired) electrons. The summed E-state index contributed by atoms with van der Waals surface area (Å²) in [5, 5.41) is 0.634. The molecule has 0 fully saturated rings. The molecule has 122 valence electrons. The van der Waals surface area contributed by atoms with Crippen molar-refractivity contribution in [3.05, 3.63) is 76.6 Å². The lowest BCUT2D eigenvalue weighted by molar-refractivity contribution is 0.942. The molecule has 0 aliphatic rings. The number of rotatable bonds is 5. The van der Waals surface area contributed by atoms with Crippen LogP contribution < -0.4 is 10.5 Å². The minimum absolute atomic E-state index is 0.132. The van der Waals surface area contributed by atoms with Crippen LogP contribution in [0.4, 0.5) is 5.69 Å². The van der Waals surface area contributed by atoms with Crippen LogP contribution in [0.5, 0.6) is 0 Å². The topological polar surface area (TPSA) is 49.0 Å². The maximum absolute atomic E-state index is 12.0. The van der Waals surface area contributed by atoms with Gasteiger partial charge in [-0.2, -0.15) is 0 Å². The first-order valence-corrected chi connectivity index (χ1v) is 8.67. The van der Waals surface area contributed by atoms with Crippen molar-refractivity contribution in [2.24, 2.45) is 0 Å². The molecule has 0 spiro atoms. The molecule has 1 aromatic heterocycles. The van der Waals surface area contributed by atoms with E-state index >= 15 is 0 Å². The Hall–Kier alpha value is -2.53. The third-order valence-electron chi connectivity index (χ3n) is 3.63. The smallest absolute Gasteiger partial charge is 0.252 e. The van der Waals surface area contributed by atoms with Crippen LogP contribution in [0.2, 0.25) is 0 Å². The van der Waals surface area contributed by atoms with Crippen LogP contribution in [0.25, 0.3) is 11.3 Å². The van der Waals surface area contributed by atoms with Crippen LogP contribution in [-0.2, 0) is 5.75 Å². The van der Waals surface area contributed by atoms with Gasteiger partial charge in [-0.15, -0.1) is 0 Å². The second-order valence-corrected chi connectivity index (χ2v) is 6.58. The largest absolute Gasteiger partial charge is 0.377 e. The van der Waals surface area contributed by atoms with E-state index in [1.165, 1.54) is 29.1 Å². The Bertz CT molecular complexity index is 875. The molecule has 0 saturated carbocycles. The fourth-order valence-corrected chi connectivity index (χ4v) is 3.35. The molecule has 5 heteroatoms. The first-order valence-electron chi connectivity index (χ1n) is 7.68. The predicted octanol–water partition coefficient (Wildman–Crippen LogP) is 3.80. The number of para-hydroxylation sites is 1. The molecule has 4 nitrogen and oxygen atoms in total. The van der Waals surface area contributed by atoms with Gasteiger partial charge in [-0.25, -0.2) is 4.98 Å². The van der Waals surface area contributed by atoms with Gasteiger partial charge in [0.15, 0.2) is 5.16 Å². The number of aromatic nitrogens is 2. The van der Waals surface area contributed by atoms with Gasteiger partial charge in [0.25, 0.3) is 5.56 Å². The maximum Gasteiger partial charge on any atom is 0.252 e. The molecular weight excluding hydrogens is 318 g/mol. The highest BCUT2D eigenvalue weighted by molar-refractivity contribution is 7.98. The van der Waals surface area contributed by atoms with Gasteiger partial charge >= 0.3 is 0 Å². The molecule has 0 aliphatic heterocycles. The van der Waals surface area contributed by atoms with Gasteiger partial charge in [0.05, 0.1) is 5.69 Å². The predicted molar refractivity (Wildman–Crippen MR) is 101 cm³/mol. The van der Waals surface area contributed by atoms with E-state index in [-0.39, 0.29) is 5.56 Å². The monoisotopic (exact) mass is 337 g/mol. The molecule has 3 aromatic rings. The van der Waals surface area contributed by atoms with E-state index in [1.54, 1.807) is 0 Å². The summed E-state index contributed by atoms with van der Waals surface area (Å²) < 4.78 is 0. The van der Waals surface area contributed by atoms with Crippen LogP contribution in [0.15, 0.2) is 70.6 Å². The average Bonchev–Trinajstić information content (AvgIpc) is 2.60. The van der Waals surface area contributed by atoms with Crippen molar-refractivity contribution in [2.45, 2.75) is 10.9 Å². The maximum atomic E-state index is 12.0. The molecule has 3 rings (SSSR count). The van der Waals surface area contributed by atoms with Crippen molar-refractivity contribution in [1.82, 2.24) is 9.97 Å². The summed E-state index contributed by atoms with van der Waals surface area (Å²) >= 11 is 1.53. The van der Waals surface area contributed by atoms with Gasteiger partial charge in [-0.3, -0.25) is 4.79 Å². The standard InChI is InChI=1S/C19H19N3OS/c1-22(2)17-11-7-6-10-15(17)13-24-19-20-16(12-18(23)21-19)14-8-4-3-5-9-14/h3-12H,13H2,1-2H3,(H,20,21,23). The molecule has 2 aromatic carbocycles. The fraction of sp³-hybridized carbons (Fsp3) is 0.158. The number of hydrogen-bond acceptors (Lipinski definition) is 4. The van der Waals surface area contributed by atoms with Crippen molar-refractivity contribution >= 4 is 17.4 Å². The molecule has 0 saturated heterocycles. The lowest BCUT2D eigenvalue weighted by atomic mass is 10.1. The molecule has 0 unspecified atom stereocenters. The minimum atomic E-state index is -0.132. The van der Waals surface area contributed by atoms with Crippen LogP contribution >= 0.6 is 11.8 Å². The number of anilines is 1. The number of hydrogen-bond donors (Lipinski definition) is 1. The van der Waals surface area contributed by atoms with Crippen LogP contribution in [-0.4, -0.2) is 24.1 Å². The van der Waals surface area contributed by atoms with Crippen molar-refractivity contribution < 1.29 is 0 Å². The van der Waals surface area contributed by atoms with Crippen molar-refractivity contribution in [1.29, 1.82) is 0 Å². The zero-order valence-electron chi connectivity index (χ0n) is 13.7. The van der Waals surface area contributed by atoms with Gasteiger partial charge in [-0.1, -0.05) is 60.3 Å². The quantitative estimate of drug-likeness (QED) is 0.568. The number of H-pyrrole nitrogens is 1. The third-order valence-corrected chi connectivity index (χ3v) is 4.55. The highest BCUT2D eigenvalue weighted by atomic mass is 32.2. The second kappa shape index (κ2) is 7.36. The Morgan fingerprint density at radius 1 is 1.04 bits per heavy atom. The van der Waals surface area contributed by atoms with E-state index in [9.17, 15) is 4.79 Å². The van der Waals surface area contributed by atoms with E-state index in [4.69, 9.17) is 0 Å². The molecule has 0 amide bonds. The van der Waals surface area contributed by atoms with Gasteiger partial charge < -0.3 is 9.88 Å². The molecule has 24 heavy (non-hydrogen) atoms. The lowest BCUT2D eigenvalue weighted by Crippen LogP contribution is -2.11. The van der Waals surface area contributed by atoms with Gasteiger partial charge in [0.2, 0.25) is 0 Å². The zero-order valence-corrected chi connectivity index (χ0v) is 14.5. The molecule has 1 N–H and O–H groups in total. The van der Waals surface area contributed by atoms with E-state index in [0.717, 1.165) is 11.3 Å². The summed E-state index contributed by atoms with van der Waals surface area (Å²) in [6.45, 7) is 0. The average molecular weight is 337 g/mol. The Kier molecular flexibility index (Phi) is 5.01. The summed E-state index contributed by atoms with van der Waals surface area (Å²) in [5.74, 6) is 0.746. The fourth-order valence-electron chi connectivity index (χ4n) is 2.48. The van der Waals surface area contributed by atoms with Crippen molar-refractivity contribution in [3.63, 3.8) is 0 Å². The SMILES string of the molecule is CN(C)c1ccccc1CSc1nc(-c2ccccc2)cc(=O)[nH]1. The molecule has 0 aliphatic carbocycles. The van der Waals surface area contributed by atoms with Gasteiger partial charge in [0, 0.05) is 37.2 Å². The van der Waals surface area contributed by atoms with E-state index in [1.807, 2.05) is 56.6 Å². The van der Waals surface area contributed by atoms with Crippen LogP contribution in [0.3, 0.4) is 0 Å². The molecule has 1 heterocycles. The number of nitrogens with one attached hydrogen (secondary N) is 1. The summed E-state index contributed by atoms with van der Waals surface area (Å²) in [5.41, 5.74) is 3.89. The highest BCUT2D eigenvalue weighted by Gasteiger charge is 2.08. The molecule has 0 bridgehead atoms. The van der Waals surface area contributed by atoms with E-state index in [2.05, 4.69) is 27.0 Å². The third kappa shape index (κ3) is 3.86. The number of thioether (sulfide) groups is 1. The number of aromatic amines is 1.